The highest BCUT2D eigenvalue weighted by atomic mass is 16.5. The quantitative estimate of drug-likeness (QED) is 0.698. The van der Waals surface area contributed by atoms with E-state index in [-0.39, 0.29) is 18.2 Å². The maximum atomic E-state index is 12.6. The molecule has 1 heterocycles. The maximum absolute atomic E-state index is 12.6. The van der Waals surface area contributed by atoms with Gasteiger partial charge >= 0.3 is 0 Å². The van der Waals surface area contributed by atoms with Crippen LogP contribution in [-0.4, -0.2) is 18.2 Å². The fraction of sp³-hybridized carbons (Fsp3) is 0.238. The van der Waals surface area contributed by atoms with Gasteiger partial charge in [-0.2, -0.15) is 0 Å². The topological polar surface area (TPSA) is 73.6 Å². The van der Waals surface area contributed by atoms with Crippen LogP contribution in [0.2, 0.25) is 0 Å². The Morgan fingerprint density at radius 1 is 1.07 bits per heavy atom. The van der Waals surface area contributed by atoms with Crippen molar-refractivity contribution in [2.24, 2.45) is 0 Å². The van der Waals surface area contributed by atoms with Crippen LogP contribution in [0.3, 0.4) is 0 Å². The Labute approximate surface area is 158 Å². The number of hydrogen-bond donors (Lipinski definition) is 1. The van der Waals surface area contributed by atoms with Crippen molar-refractivity contribution in [3.8, 4) is 11.5 Å². The van der Waals surface area contributed by atoms with Gasteiger partial charge in [-0.3, -0.25) is 4.79 Å². The number of hydrogen-bond acceptors (Lipinski definition) is 5. The SMILES string of the molecule is COc1cccc(NC(=O)c2noc(C)c2COc2cc(C)cc(C)c2)c1. The summed E-state index contributed by atoms with van der Waals surface area (Å²) in [6.45, 7) is 5.98. The molecule has 0 fully saturated rings. The summed E-state index contributed by atoms with van der Waals surface area (Å²) in [6.07, 6.45) is 0. The monoisotopic (exact) mass is 366 g/mol. The molecular formula is C21H22N2O4. The molecule has 0 bridgehead atoms. The number of anilines is 1. The van der Waals surface area contributed by atoms with Gasteiger partial charge in [0, 0.05) is 11.8 Å². The maximum Gasteiger partial charge on any atom is 0.278 e. The molecule has 6 nitrogen and oxygen atoms in total. The Hall–Kier alpha value is -3.28. The van der Waals surface area contributed by atoms with Crippen molar-refractivity contribution in [1.29, 1.82) is 0 Å². The van der Waals surface area contributed by atoms with Gasteiger partial charge in [-0.05, 0) is 56.2 Å². The summed E-state index contributed by atoms with van der Waals surface area (Å²) in [4.78, 5) is 12.6. The predicted octanol–water partition coefficient (Wildman–Crippen LogP) is 4.44. The number of nitrogens with one attached hydrogen (secondary N) is 1. The lowest BCUT2D eigenvalue weighted by molar-refractivity contribution is 0.101. The molecule has 0 radical (unpaired) electrons. The lowest BCUT2D eigenvalue weighted by Crippen LogP contribution is -2.15. The molecule has 0 aliphatic heterocycles. The Morgan fingerprint density at radius 3 is 2.52 bits per heavy atom. The smallest absolute Gasteiger partial charge is 0.278 e. The zero-order valence-corrected chi connectivity index (χ0v) is 15.8. The summed E-state index contributed by atoms with van der Waals surface area (Å²) < 4.78 is 16.3. The lowest BCUT2D eigenvalue weighted by atomic mass is 10.1. The fourth-order valence-corrected chi connectivity index (χ4v) is 2.80. The van der Waals surface area contributed by atoms with Crippen LogP contribution in [0.5, 0.6) is 11.5 Å². The molecule has 1 aromatic heterocycles. The molecule has 0 unspecified atom stereocenters. The van der Waals surface area contributed by atoms with E-state index in [0.29, 0.717) is 22.8 Å². The van der Waals surface area contributed by atoms with Crippen LogP contribution in [0.1, 0.15) is 32.9 Å². The zero-order valence-electron chi connectivity index (χ0n) is 15.8. The van der Waals surface area contributed by atoms with Crippen LogP contribution < -0.4 is 14.8 Å². The highest BCUT2D eigenvalue weighted by molar-refractivity contribution is 6.04. The Kier molecular flexibility index (Phi) is 5.45. The van der Waals surface area contributed by atoms with E-state index in [1.165, 1.54) is 0 Å². The number of aromatic nitrogens is 1. The molecule has 27 heavy (non-hydrogen) atoms. The highest BCUT2D eigenvalue weighted by Gasteiger charge is 2.20. The number of benzene rings is 2. The average Bonchev–Trinajstić information content (AvgIpc) is 3.00. The van der Waals surface area contributed by atoms with Crippen LogP contribution in [0, 0.1) is 20.8 Å². The van der Waals surface area contributed by atoms with Gasteiger partial charge in [0.2, 0.25) is 0 Å². The molecule has 3 aromatic rings. The highest BCUT2D eigenvalue weighted by Crippen LogP contribution is 2.22. The number of rotatable bonds is 6. The van der Waals surface area contributed by atoms with Crippen molar-refractivity contribution in [3.63, 3.8) is 0 Å². The van der Waals surface area contributed by atoms with E-state index in [2.05, 4.69) is 16.5 Å². The molecule has 2 aromatic carbocycles. The predicted molar refractivity (Wildman–Crippen MR) is 102 cm³/mol. The molecule has 0 saturated heterocycles. The second-order valence-corrected chi connectivity index (χ2v) is 6.36. The van der Waals surface area contributed by atoms with E-state index in [9.17, 15) is 4.79 Å². The number of aryl methyl sites for hydroxylation is 3. The van der Waals surface area contributed by atoms with Crippen molar-refractivity contribution in [2.45, 2.75) is 27.4 Å². The number of carbonyl (C=O) groups is 1. The number of carbonyl (C=O) groups excluding carboxylic acids is 1. The van der Waals surface area contributed by atoms with Gasteiger partial charge in [0.25, 0.3) is 5.91 Å². The molecule has 1 N–H and O–H groups in total. The van der Waals surface area contributed by atoms with Gasteiger partial charge < -0.3 is 19.3 Å². The van der Waals surface area contributed by atoms with E-state index < -0.39 is 0 Å². The Bertz CT molecular complexity index is 942. The summed E-state index contributed by atoms with van der Waals surface area (Å²) in [5.74, 6) is 1.59. The molecule has 0 aliphatic rings. The first-order valence-electron chi connectivity index (χ1n) is 8.58. The van der Waals surface area contributed by atoms with E-state index in [1.807, 2.05) is 26.0 Å². The second-order valence-electron chi connectivity index (χ2n) is 6.36. The molecule has 1 amide bonds. The third kappa shape index (κ3) is 4.47. The Morgan fingerprint density at radius 2 is 1.81 bits per heavy atom. The first kappa shape index (κ1) is 18.5. The van der Waals surface area contributed by atoms with Crippen molar-refractivity contribution in [3.05, 3.63) is 70.6 Å². The van der Waals surface area contributed by atoms with Gasteiger partial charge in [0.15, 0.2) is 5.69 Å². The van der Waals surface area contributed by atoms with Crippen LogP contribution in [0.25, 0.3) is 0 Å². The van der Waals surface area contributed by atoms with E-state index >= 15 is 0 Å². The summed E-state index contributed by atoms with van der Waals surface area (Å²) in [7, 11) is 1.57. The summed E-state index contributed by atoms with van der Waals surface area (Å²) in [5, 5.41) is 6.71. The van der Waals surface area contributed by atoms with Crippen LogP contribution in [0.15, 0.2) is 47.0 Å². The minimum Gasteiger partial charge on any atom is -0.497 e. The van der Waals surface area contributed by atoms with Crippen molar-refractivity contribution in [1.82, 2.24) is 5.16 Å². The first-order valence-corrected chi connectivity index (χ1v) is 8.58. The largest absolute Gasteiger partial charge is 0.497 e. The van der Waals surface area contributed by atoms with E-state index in [0.717, 1.165) is 16.9 Å². The van der Waals surface area contributed by atoms with Crippen LogP contribution in [0.4, 0.5) is 5.69 Å². The van der Waals surface area contributed by atoms with Gasteiger partial charge in [-0.15, -0.1) is 0 Å². The number of methoxy groups -OCH3 is 1. The first-order chi connectivity index (χ1) is 13.0. The minimum absolute atomic E-state index is 0.194. The third-order valence-corrected chi connectivity index (χ3v) is 4.11. The van der Waals surface area contributed by atoms with Gasteiger partial charge in [0.1, 0.15) is 23.9 Å². The van der Waals surface area contributed by atoms with Gasteiger partial charge in [0.05, 0.1) is 12.7 Å². The average molecular weight is 366 g/mol. The lowest BCUT2D eigenvalue weighted by Gasteiger charge is -2.09. The van der Waals surface area contributed by atoms with Crippen LogP contribution in [-0.2, 0) is 6.61 Å². The van der Waals surface area contributed by atoms with Gasteiger partial charge in [-0.1, -0.05) is 17.3 Å². The zero-order chi connectivity index (χ0) is 19.4. The van der Waals surface area contributed by atoms with E-state index in [1.54, 1.807) is 38.3 Å². The summed E-state index contributed by atoms with van der Waals surface area (Å²) in [5.41, 5.74) is 3.67. The summed E-state index contributed by atoms with van der Waals surface area (Å²) >= 11 is 0. The normalized spacial score (nSPS) is 10.5. The minimum atomic E-state index is -0.362. The molecule has 0 saturated carbocycles. The Balaban J connectivity index is 1.76. The molecule has 0 spiro atoms. The van der Waals surface area contributed by atoms with Crippen LogP contribution >= 0.6 is 0 Å². The number of nitrogens with zero attached hydrogens (tertiary/aromatic N) is 1. The number of amides is 1. The third-order valence-electron chi connectivity index (χ3n) is 4.11. The molecular weight excluding hydrogens is 344 g/mol. The molecule has 6 heteroatoms. The van der Waals surface area contributed by atoms with Crippen molar-refractivity contribution in [2.75, 3.05) is 12.4 Å². The second kappa shape index (κ2) is 7.95. The number of ether oxygens (including phenoxy) is 2. The van der Waals surface area contributed by atoms with Crippen molar-refractivity contribution >= 4 is 11.6 Å². The molecule has 3 rings (SSSR count). The molecule has 140 valence electrons. The fourth-order valence-electron chi connectivity index (χ4n) is 2.80. The van der Waals surface area contributed by atoms with Crippen molar-refractivity contribution < 1.29 is 18.8 Å². The standard InChI is InChI=1S/C21H22N2O4/c1-13-8-14(2)10-18(9-13)26-12-19-15(3)27-23-20(19)21(24)22-16-6-5-7-17(11-16)25-4/h5-11H,12H2,1-4H3,(H,22,24). The summed E-state index contributed by atoms with van der Waals surface area (Å²) in [6, 6.07) is 13.1. The van der Waals surface area contributed by atoms with Gasteiger partial charge in [-0.25, -0.2) is 0 Å². The molecule has 0 aliphatic carbocycles. The molecule has 0 atom stereocenters. The van der Waals surface area contributed by atoms with E-state index in [4.69, 9.17) is 14.0 Å².